The molecular weight excluding hydrogens is 298 g/mol. The molecule has 0 unspecified atom stereocenters. The highest BCUT2D eigenvalue weighted by Crippen LogP contribution is 2.48. The van der Waals surface area contributed by atoms with Gasteiger partial charge in [0.05, 0.1) is 12.2 Å². The second-order valence-electron chi connectivity index (χ2n) is 8.09. The summed E-state index contributed by atoms with van der Waals surface area (Å²) in [6, 6.07) is 0. The summed E-state index contributed by atoms with van der Waals surface area (Å²) in [5, 5.41) is 20.3. The van der Waals surface area contributed by atoms with E-state index in [1.165, 1.54) is 32.2 Å². The van der Waals surface area contributed by atoms with Gasteiger partial charge in [-0.1, -0.05) is 43.6 Å². The number of hydrogen-bond acceptors (Lipinski definition) is 3. The molecule has 0 radical (unpaired) electrons. The number of aliphatic hydroxyl groups excluding tert-OH is 2. The minimum Gasteiger partial charge on any atom is -0.392 e. The third-order valence-corrected chi connectivity index (χ3v) is 5.69. The third kappa shape index (κ3) is 5.72. The highest BCUT2D eigenvalue weighted by Gasteiger charge is 2.43. The molecule has 1 saturated carbocycles. The van der Waals surface area contributed by atoms with Gasteiger partial charge in [0.25, 0.3) is 0 Å². The van der Waals surface area contributed by atoms with Crippen LogP contribution in [0.1, 0.15) is 58.3 Å². The molecule has 3 heteroatoms. The van der Waals surface area contributed by atoms with Crippen molar-refractivity contribution in [2.45, 2.75) is 70.5 Å². The number of aliphatic hydroxyl groups is 2. The van der Waals surface area contributed by atoms with Crippen molar-refractivity contribution in [1.29, 1.82) is 0 Å². The average Bonchev–Trinajstić information content (AvgIpc) is 3.01. The Hall–Kier alpha value is -0.640. The van der Waals surface area contributed by atoms with Crippen LogP contribution in [0.15, 0.2) is 23.8 Å². The van der Waals surface area contributed by atoms with Gasteiger partial charge in [-0.25, -0.2) is 0 Å². The molecule has 0 aromatic rings. The monoisotopic (exact) mass is 335 g/mol. The Morgan fingerprint density at radius 1 is 1.29 bits per heavy atom. The molecule has 138 valence electrons. The number of unbranched alkanes of at least 4 members (excludes halogenated alkanes) is 2. The largest absolute Gasteiger partial charge is 0.392 e. The number of nitrogens with zero attached hydrogens (tertiary/aromatic N) is 1. The van der Waals surface area contributed by atoms with E-state index in [1.807, 2.05) is 6.08 Å². The predicted molar refractivity (Wildman–Crippen MR) is 101 cm³/mol. The molecule has 0 aromatic carbocycles. The molecule has 0 spiro atoms. The zero-order valence-corrected chi connectivity index (χ0v) is 15.8. The van der Waals surface area contributed by atoms with Crippen molar-refractivity contribution in [3.63, 3.8) is 0 Å². The SMILES string of the molecule is CCC[C@@H](O)/C=C/[C@@H]1[C@H]2CC(CCCCCN(C)C)=C[C@H]2C[C@H]1O. The normalized spacial score (nSPS) is 31.0. The van der Waals surface area contributed by atoms with Gasteiger partial charge in [-0.2, -0.15) is 0 Å². The van der Waals surface area contributed by atoms with Crippen LogP contribution in [0.5, 0.6) is 0 Å². The van der Waals surface area contributed by atoms with Crippen molar-refractivity contribution in [2.24, 2.45) is 17.8 Å². The molecule has 3 nitrogen and oxygen atoms in total. The Morgan fingerprint density at radius 2 is 2.08 bits per heavy atom. The Morgan fingerprint density at radius 3 is 2.79 bits per heavy atom. The van der Waals surface area contributed by atoms with E-state index in [1.54, 1.807) is 5.57 Å². The maximum Gasteiger partial charge on any atom is 0.0720 e. The van der Waals surface area contributed by atoms with E-state index >= 15 is 0 Å². The van der Waals surface area contributed by atoms with Crippen LogP contribution in [-0.4, -0.2) is 48.0 Å². The number of rotatable bonds is 10. The summed E-state index contributed by atoms with van der Waals surface area (Å²) in [7, 11) is 4.27. The highest BCUT2D eigenvalue weighted by atomic mass is 16.3. The fourth-order valence-corrected chi connectivity index (χ4v) is 4.40. The quantitative estimate of drug-likeness (QED) is 0.472. The maximum atomic E-state index is 10.4. The van der Waals surface area contributed by atoms with Gasteiger partial charge in [-0.05, 0) is 71.0 Å². The lowest BCUT2D eigenvalue weighted by atomic mass is 9.88. The van der Waals surface area contributed by atoms with Crippen LogP contribution < -0.4 is 0 Å². The lowest BCUT2D eigenvalue weighted by molar-refractivity contribution is 0.139. The fraction of sp³-hybridized carbons (Fsp3) is 0.810. The standard InChI is InChI=1S/C21H37NO2/c1-4-8-18(23)10-11-19-20-14-16(13-17(20)15-21(19)24)9-6-5-7-12-22(2)3/h10-11,13,17-21,23-24H,4-9,12,14-15H2,1-3H3/b11-10+/t17-,18+,19+,20-,21+/m0/s1. The second-order valence-corrected chi connectivity index (χ2v) is 8.09. The molecule has 5 atom stereocenters. The predicted octanol–water partition coefficient (Wildman–Crippen LogP) is 3.77. The van der Waals surface area contributed by atoms with E-state index in [4.69, 9.17) is 0 Å². The molecule has 2 rings (SSSR count). The van der Waals surface area contributed by atoms with Gasteiger partial charge in [0.2, 0.25) is 0 Å². The molecular formula is C21H37NO2. The zero-order chi connectivity index (χ0) is 17.5. The average molecular weight is 336 g/mol. The summed E-state index contributed by atoms with van der Waals surface area (Å²) in [4.78, 5) is 2.25. The molecule has 0 saturated heterocycles. The first-order chi connectivity index (χ1) is 11.5. The first kappa shape index (κ1) is 19.7. The topological polar surface area (TPSA) is 43.7 Å². The van der Waals surface area contributed by atoms with Gasteiger partial charge in [0.15, 0.2) is 0 Å². The van der Waals surface area contributed by atoms with Crippen molar-refractivity contribution < 1.29 is 10.2 Å². The highest BCUT2D eigenvalue weighted by molar-refractivity contribution is 5.20. The molecule has 1 fully saturated rings. The van der Waals surface area contributed by atoms with E-state index in [-0.39, 0.29) is 18.1 Å². The van der Waals surface area contributed by atoms with E-state index in [9.17, 15) is 10.2 Å². The number of fused-ring (bicyclic) bond motifs is 1. The van der Waals surface area contributed by atoms with Crippen LogP contribution in [-0.2, 0) is 0 Å². The van der Waals surface area contributed by atoms with Crippen LogP contribution in [0.4, 0.5) is 0 Å². The molecule has 2 N–H and O–H groups in total. The van der Waals surface area contributed by atoms with Gasteiger partial charge in [0.1, 0.15) is 0 Å². The van der Waals surface area contributed by atoms with Gasteiger partial charge >= 0.3 is 0 Å². The maximum absolute atomic E-state index is 10.4. The molecule has 0 aliphatic heterocycles. The van der Waals surface area contributed by atoms with Crippen molar-refractivity contribution >= 4 is 0 Å². The summed E-state index contributed by atoms with van der Waals surface area (Å²) >= 11 is 0. The van der Waals surface area contributed by atoms with E-state index in [0.717, 1.165) is 25.7 Å². The molecule has 0 aromatic heterocycles. The lowest BCUT2D eigenvalue weighted by Gasteiger charge is -2.19. The van der Waals surface area contributed by atoms with Gasteiger partial charge in [-0.3, -0.25) is 0 Å². The first-order valence-electron chi connectivity index (χ1n) is 9.90. The smallest absolute Gasteiger partial charge is 0.0720 e. The molecule has 0 heterocycles. The van der Waals surface area contributed by atoms with Crippen molar-refractivity contribution in [2.75, 3.05) is 20.6 Å². The van der Waals surface area contributed by atoms with Crippen LogP contribution in [0, 0.1) is 17.8 Å². The molecule has 2 aliphatic carbocycles. The number of hydrogen-bond donors (Lipinski definition) is 2. The fourth-order valence-electron chi connectivity index (χ4n) is 4.40. The van der Waals surface area contributed by atoms with E-state index < -0.39 is 0 Å². The summed E-state index contributed by atoms with van der Waals surface area (Å²) in [6.07, 6.45) is 14.8. The summed E-state index contributed by atoms with van der Waals surface area (Å²) in [5.41, 5.74) is 1.61. The summed E-state index contributed by atoms with van der Waals surface area (Å²) in [5.74, 6) is 1.33. The van der Waals surface area contributed by atoms with Gasteiger partial charge in [0, 0.05) is 5.92 Å². The Kier molecular flexibility index (Phi) is 7.99. The Labute approximate surface area is 148 Å². The first-order valence-corrected chi connectivity index (χ1v) is 9.90. The van der Waals surface area contributed by atoms with Crippen LogP contribution in [0.25, 0.3) is 0 Å². The summed E-state index contributed by atoms with van der Waals surface area (Å²) in [6.45, 7) is 3.27. The number of allylic oxidation sites excluding steroid dienone is 2. The van der Waals surface area contributed by atoms with Crippen molar-refractivity contribution in [3.8, 4) is 0 Å². The molecule has 0 amide bonds. The third-order valence-electron chi connectivity index (χ3n) is 5.69. The zero-order valence-electron chi connectivity index (χ0n) is 15.8. The molecule has 24 heavy (non-hydrogen) atoms. The van der Waals surface area contributed by atoms with Crippen LogP contribution in [0.3, 0.4) is 0 Å². The van der Waals surface area contributed by atoms with Gasteiger partial charge < -0.3 is 15.1 Å². The molecule has 0 bridgehead atoms. The Balaban J connectivity index is 1.77. The van der Waals surface area contributed by atoms with Gasteiger partial charge in [-0.15, -0.1) is 0 Å². The van der Waals surface area contributed by atoms with Crippen molar-refractivity contribution in [3.05, 3.63) is 23.8 Å². The second kappa shape index (κ2) is 9.74. The minimum absolute atomic E-state index is 0.226. The molecule has 2 aliphatic rings. The van der Waals surface area contributed by atoms with Crippen LogP contribution in [0.2, 0.25) is 0 Å². The summed E-state index contributed by atoms with van der Waals surface area (Å²) < 4.78 is 0. The Bertz CT molecular complexity index is 430. The van der Waals surface area contributed by atoms with E-state index in [0.29, 0.717) is 11.8 Å². The lowest BCUT2D eigenvalue weighted by Crippen LogP contribution is -2.18. The van der Waals surface area contributed by atoms with Crippen molar-refractivity contribution in [1.82, 2.24) is 4.90 Å². The van der Waals surface area contributed by atoms with E-state index in [2.05, 4.69) is 38.1 Å². The minimum atomic E-state index is -0.355. The van der Waals surface area contributed by atoms with Crippen LogP contribution >= 0.6 is 0 Å².